The molecule has 1 aromatic rings. The van der Waals surface area contributed by atoms with E-state index in [1.54, 1.807) is 0 Å². The molecule has 0 amide bonds. The van der Waals surface area contributed by atoms with Gasteiger partial charge in [-0.05, 0) is 36.3 Å². The van der Waals surface area contributed by atoms with Crippen LogP contribution >= 0.6 is 15.9 Å². The van der Waals surface area contributed by atoms with E-state index < -0.39 is 0 Å². The van der Waals surface area contributed by atoms with E-state index in [2.05, 4.69) is 61.0 Å². The van der Waals surface area contributed by atoms with Crippen LogP contribution in [0.3, 0.4) is 0 Å². The van der Waals surface area contributed by atoms with Crippen LogP contribution < -0.4 is 0 Å². The van der Waals surface area contributed by atoms with E-state index >= 15 is 0 Å². The highest BCUT2D eigenvalue weighted by Crippen LogP contribution is 2.16. The van der Waals surface area contributed by atoms with Crippen molar-refractivity contribution in [3.05, 3.63) is 35.4 Å². The van der Waals surface area contributed by atoms with Crippen molar-refractivity contribution in [3.63, 3.8) is 0 Å². The summed E-state index contributed by atoms with van der Waals surface area (Å²) in [6, 6.07) is 9.12. The minimum atomic E-state index is 0.633. The molecule has 1 heteroatoms. The Kier molecular flexibility index (Phi) is 6.12. The fourth-order valence-corrected chi connectivity index (χ4v) is 2.79. The Labute approximate surface area is 109 Å². The molecule has 0 spiro atoms. The highest BCUT2D eigenvalue weighted by atomic mass is 79.9. The molecular weight excluding hydrogens is 260 g/mol. The molecule has 0 heterocycles. The van der Waals surface area contributed by atoms with Crippen molar-refractivity contribution in [1.29, 1.82) is 0 Å². The lowest BCUT2D eigenvalue weighted by molar-refractivity contribution is 0.647. The van der Waals surface area contributed by atoms with Gasteiger partial charge < -0.3 is 0 Å². The highest BCUT2D eigenvalue weighted by Gasteiger charge is 2.04. The van der Waals surface area contributed by atoms with Crippen molar-refractivity contribution in [2.75, 3.05) is 0 Å². The van der Waals surface area contributed by atoms with Gasteiger partial charge >= 0.3 is 0 Å². The molecule has 0 N–H and O–H groups in total. The van der Waals surface area contributed by atoms with Gasteiger partial charge in [0.05, 0.1) is 0 Å². The van der Waals surface area contributed by atoms with Gasteiger partial charge in [0.1, 0.15) is 0 Å². The van der Waals surface area contributed by atoms with E-state index in [-0.39, 0.29) is 0 Å². The van der Waals surface area contributed by atoms with Crippen molar-refractivity contribution in [3.8, 4) is 0 Å². The van der Waals surface area contributed by atoms with Gasteiger partial charge in [-0.2, -0.15) is 0 Å². The summed E-state index contributed by atoms with van der Waals surface area (Å²) in [4.78, 5) is 0.633. The van der Waals surface area contributed by atoms with Gasteiger partial charge in [0.25, 0.3) is 0 Å². The summed E-state index contributed by atoms with van der Waals surface area (Å²) < 4.78 is 0. The minimum absolute atomic E-state index is 0.633. The zero-order chi connectivity index (χ0) is 12.0. The molecule has 0 fully saturated rings. The first-order valence-electron chi connectivity index (χ1n) is 6.33. The molecule has 0 aliphatic heterocycles. The minimum Gasteiger partial charge on any atom is -0.0887 e. The van der Waals surface area contributed by atoms with E-state index in [0.29, 0.717) is 4.83 Å². The number of alkyl halides is 1. The van der Waals surface area contributed by atoms with Gasteiger partial charge in [0.15, 0.2) is 0 Å². The standard InChI is InChI=1S/C15H23Br/c1-4-5-15(16)11-14-8-6-13(7-9-14)10-12(2)3/h6-9,12,15H,4-5,10-11H2,1-3H3. The average molecular weight is 283 g/mol. The second-order valence-corrected chi connectivity index (χ2v) is 6.30. The van der Waals surface area contributed by atoms with Crippen molar-refractivity contribution >= 4 is 15.9 Å². The number of hydrogen-bond acceptors (Lipinski definition) is 0. The first-order chi connectivity index (χ1) is 7.61. The highest BCUT2D eigenvalue weighted by molar-refractivity contribution is 9.09. The quantitative estimate of drug-likeness (QED) is 0.645. The number of hydrogen-bond donors (Lipinski definition) is 0. The Hall–Kier alpha value is -0.300. The molecule has 0 radical (unpaired) electrons. The third-order valence-electron chi connectivity index (χ3n) is 2.73. The fraction of sp³-hybridized carbons (Fsp3) is 0.600. The maximum atomic E-state index is 3.73. The van der Waals surface area contributed by atoms with Gasteiger partial charge in [0, 0.05) is 4.83 Å². The second-order valence-electron chi connectivity index (χ2n) is 5.00. The number of halogens is 1. The predicted octanol–water partition coefficient (Wildman–Crippen LogP) is 4.99. The van der Waals surface area contributed by atoms with Crippen molar-refractivity contribution in [1.82, 2.24) is 0 Å². The molecule has 1 rings (SSSR count). The van der Waals surface area contributed by atoms with E-state index in [1.165, 1.54) is 30.4 Å². The van der Waals surface area contributed by atoms with Gasteiger partial charge in [-0.15, -0.1) is 0 Å². The smallest absolute Gasteiger partial charge is 0.0186 e. The summed E-state index contributed by atoms with van der Waals surface area (Å²) in [6.45, 7) is 6.77. The lowest BCUT2D eigenvalue weighted by Crippen LogP contribution is -2.02. The molecular formula is C15H23Br. The third kappa shape index (κ3) is 5.16. The predicted molar refractivity (Wildman–Crippen MR) is 76.3 cm³/mol. The van der Waals surface area contributed by atoms with E-state index in [4.69, 9.17) is 0 Å². The first kappa shape index (κ1) is 13.8. The molecule has 0 aliphatic carbocycles. The summed E-state index contributed by atoms with van der Waals surface area (Å²) in [5.74, 6) is 0.745. The molecule has 1 atom stereocenters. The van der Waals surface area contributed by atoms with Crippen LogP contribution in [0.15, 0.2) is 24.3 Å². The topological polar surface area (TPSA) is 0 Å². The molecule has 0 saturated heterocycles. The summed E-state index contributed by atoms with van der Waals surface area (Å²) in [6.07, 6.45) is 4.85. The molecule has 0 bridgehead atoms. The molecule has 0 aliphatic rings. The Morgan fingerprint density at radius 2 is 1.50 bits per heavy atom. The molecule has 1 unspecified atom stereocenters. The SMILES string of the molecule is CCCC(Br)Cc1ccc(CC(C)C)cc1. The van der Waals surface area contributed by atoms with Crippen LogP contribution in [-0.2, 0) is 12.8 Å². The van der Waals surface area contributed by atoms with Crippen LogP contribution in [0.4, 0.5) is 0 Å². The maximum Gasteiger partial charge on any atom is 0.0186 e. The van der Waals surface area contributed by atoms with E-state index in [0.717, 1.165) is 12.3 Å². The summed E-state index contributed by atoms with van der Waals surface area (Å²) >= 11 is 3.73. The summed E-state index contributed by atoms with van der Waals surface area (Å²) in [5.41, 5.74) is 2.91. The van der Waals surface area contributed by atoms with E-state index in [1.807, 2.05) is 0 Å². The Balaban J connectivity index is 2.50. The number of rotatable bonds is 6. The lowest BCUT2D eigenvalue weighted by atomic mass is 10.00. The molecule has 90 valence electrons. The van der Waals surface area contributed by atoms with Crippen LogP contribution in [0.5, 0.6) is 0 Å². The van der Waals surface area contributed by atoms with Crippen LogP contribution in [-0.4, -0.2) is 4.83 Å². The van der Waals surface area contributed by atoms with Crippen molar-refractivity contribution in [2.24, 2.45) is 5.92 Å². The van der Waals surface area contributed by atoms with Crippen LogP contribution in [0.1, 0.15) is 44.7 Å². The summed E-state index contributed by atoms with van der Waals surface area (Å²) in [5, 5.41) is 0. The van der Waals surface area contributed by atoms with Crippen LogP contribution in [0.2, 0.25) is 0 Å². The maximum absolute atomic E-state index is 3.73. The lowest BCUT2D eigenvalue weighted by Gasteiger charge is -2.10. The Bertz CT molecular complexity index is 287. The van der Waals surface area contributed by atoms with Crippen molar-refractivity contribution < 1.29 is 0 Å². The van der Waals surface area contributed by atoms with Gasteiger partial charge in [0.2, 0.25) is 0 Å². The largest absolute Gasteiger partial charge is 0.0887 e. The molecule has 1 aromatic carbocycles. The van der Waals surface area contributed by atoms with Crippen LogP contribution in [0, 0.1) is 5.92 Å². The second kappa shape index (κ2) is 7.11. The monoisotopic (exact) mass is 282 g/mol. The molecule has 16 heavy (non-hydrogen) atoms. The van der Waals surface area contributed by atoms with Crippen LogP contribution in [0.25, 0.3) is 0 Å². The Morgan fingerprint density at radius 1 is 1.00 bits per heavy atom. The summed E-state index contributed by atoms with van der Waals surface area (Å²) in [7, 11) is 0. The van der Waals surface area contributed by atoms with E-state index in [9.17, 15) is 0 Å². The normalized spacial score (nSPS) is 13.1. The first-order valence-corrected chi connectivity index (χ1v) is 7.25. The molecule has 0 aromatic heterocycles. The average Bonchev–Trinajstić information content (AvgIpc) is 2.20. The van der Waals surface area contributed by atoms with Crippen molar-refractivity contribution in [2.45, 2.75) is 51.3 Å². The number of benzene rings is 1. The van der Waals surface area contributed by atoms with Gasteiger partial charge in [-0.3, -0.25) is 0 Å². The van der Waals surface area contributed by atoms with Gasteiger partial charge in [-0.1, -0.05) is 67.4 Å². The fourth-order valence-electron chi connectivity index (χ4n) is 1.95. The molecule has 0 nitrogen and oxygen atoms in total. The Morgan fingerprint density at radius 3 is 1.94 bits per heavy atom. The van der Waals surface area contributed by atoms with Gasteiger partial charge in [-0.25, -0.2) is 0 Å². The zero-order valence-corrected chi connectivity index (χ0v) is 12.3. The third-order valence-corrected chi connectivity index (χ3v) is 3.51. The molecule has 0 saturated carbocycles. The zero-order valence-electron chi connectivity index (χ0n) is 10.7.